The van der Waals surface area contributed by atoms with Gasteiger partial charge >= 0.3 is 0 Å². The standard InChI is InChI=1S/C12H21N5O/c1-9(7-8-17(2)3)14-12(18)10-5-4-6-11(15-10)16-13/h4-6,9H,7-8,13H2,1-3H3,(H,14,18)(H,15,16). The highest BCUT2D eigenvalue weighted by Gasteiger charge is 2.11. The molecule has 100 valence electrons. The van der Waals surface area contributed by atoms with E-state index in [1.54, 1.807) is 18.2 Å². The highest BCUT2D eigenvalue weighted by Crippen LogP contribution is 2.03. The first-order valence-corrected chi connectivity index (χ1v) is 5.92. The highest BCUT2D eigenvalue weighted by atomic mass is 16.1. The van der Waals surface area contributed by atoms with Crippen LogP contribution in [0.2, 0.25) is 0 Å². The molecule has 18 heavy (non-hydrogen) atoms. The lowest BCUT2D eigenvalue weighted by molar-refractivity contribution is 0.0932. The molecule has 0 bridgehead atoms. The Morgan fingerprint density at radius 1 is 1.50 bits per heavy atom. The summed E-state index contributed by atoms with van der Waals surface area (Å²) < 4.78 is 0. The van der Waals surface area contributed by atoms with Crippen LogP contribution in [-0.2, 0) is 0 Å². The van der Waals surface area contributed by atoms with Gasteiger partial charge < -0.3 is 15.6 Å². The lowest BCUT2D eigenvalue weighted by Gasteiger charge is -2.16. The number of hydrazine groups is 1. The zero-order chi connectivity index (χ0) is 13.5. The van der Waals surface area contributed by atoms with E-state index in [0.717, 1.165) is 13.0 Å². The van der Waals surface area contributed by atoms with Crippen molar-refractivity contribution < 1.29 is 4.79 Å². The van der Waals surface area contributed by atoms with Gasteiger partial charge in [0, 0.05) is 6.04 Å². The minimum atomic E-state index is -0.182. The quantitative estimate of drug-likeness (QED) is 0.504. The van der Waals surface area contributed by atoms with Crippen molar-refractivity contribution in [1.82, 2.24) is 15.2 Å². The van der Waals surface area contributed by atoms with Gasteiger partial charge in [0.1, 0.15) is 11.5 Å². The molecule has 6 heteroatoms. The zero-order valence-electron chi connectivity index (χ0n) is 11.1. The Morgan fingerprint density at radius 2 is 2.22 bits per heavy atom. The Bertz CT molecular complexity index is 394. The molecule has 1 amide bonds. The van der Waals surface area contributed by atoms with Crippen molar-refractivity contribution in [3.63, 3.8) is 0 Å². The molecule has 0 aliphatic rings. The number of nitrogens with one attached hydrogen (secondary N) is 2. The normalized spacial score (nSPS) is 12.3. The molecule has 0 aromatic carbocycles. The molecule has 1 rings (SSSR count). The van der Waals surface area contributed by atoms with Crippen LogP contribution in [0.1, 0.15) is 23.8 Å². The van der Waals surface area contributed by atoms with Gasteiger partial charge in [-0.25, -0.2) is 10.8 Å². The van der Waals surface area contributed by atoms with E-state index >= 15 is 0 Å². The highest BCUT2D eigenvalue weighted by molar-refractivity contribution is 5.92. The fraction of sp³-hybridized carbons (Fsp3) is 0.500. The fourth-order valence-corrected chi connectivity index (χ4v) is 1.46. The number of carbonyl (C=O) groups excluding carboxylic acids is 1. The number of carbonyl (C=O) groups is 1. The van der Waals surface area contributed by atoms with E-state index in [-0.39, 0.29) is 11.9 Å². The van der Waals surface area contributed by atoms with Crippen LogP contribution in [-0.4, -0.2) is 42.5 Å². The number of hydrogen-bond acceptors (Lipinski definition) is 5. The van der Waals surface area contributed by atoms with E-state index in [4.69, 9.17) is 5.84 Å². The summed E-state index contributed by atoms with van der Waals surface area (Å²) in [6.45, 7) is 2.91. The summed E-state index contributed by atoms with van der Waals surface area (Å²) in [5.74, 6) is 5.54. The average molecular weight is 251 g/mol. The van der Waals surface area contributed by atoms with Crippen molar-refractivity contribution >= 4 is 11.7 Å². The second-order valence-electron chi connectivity index (χ2n) is 4.52. The van der Waals surface area contributed by atoms with Crippen LogP contribution < -0.4 is 16.6 Å². The topological polar surface area (TPSA) is 83.3 Å². The zero-order valence-corrected chi connectivity index (χ0v) is 11.1. The second kappa shape index (κ2) is 6.93. The predicted octanol–water partition coefficient (Wildman–Crippen LogP) is 0.437. The third-order valence-electron chi connectivity index (χ3n) is 2.52. The van der Waals surface area contributed by atoms with Gasteiger partial charge in [-0.3, -0.25) is 4.79 Å². The first kappa shape index (κ1) is 14.4. The summed E-state index contributed by atoms with van der Waals surface area (Å²) in [5, 5.41) is 2.91. The Kier molecular flexibility index (Phi) is 5.54. The van der Waals surface area contributed by atoms with E-state index in [0.29, 0.717) is 11.5 Å². The number of hydrogen-bond donors (Lipinski definition) is 3. The molecule has 0 aliphatic carbocycles. The average Bonchev–Trinajstić information content (AvgIpc) is 2.36. The predicted molar refractivity (Wildman–Crippen MR) is 72.1 cm³/mol. The number of aromatic nitrogens is 1. The van der Waals surface area contributed by atoms with Crippen LogP contribution >= 0.6 is 0 Å². The van der Waals surface area contributed by atoms with Gasteiger partial charge in [0.05, 0.1) is 0 Å². The summed E-state index contributed by atoms with van der Waals surface area (Å²) >= 11 is 0. The minimum Gasteiger partial charge on any atom is -0.348 e. The molecule has 0 saturated carbocycles. The summed E-state index contributed by atoms with van der Waals surface area (Å²) in [7, 11) is 4.01. The molecule has 0 spiro atoms. The monoisotopic (exact) mass is 251 g/mol. The van der Waals surface area contributed by atoms with Crippen molar-refractivity contribution in [2.75, 3.05) is 26.1 Å². The first-order chi connectivity index (χ1) is 8.52. The van der Waals surface area contributed by atoms with Crippen LogP contribution in [0.5, 0.6) is 0 Å². The van der Waals surface area contributed by atoms with Gasteiger partial charge in [0.15, 0.2) is 0 Å². The Balaban J connectivity index is 2.53. The maximum atomic E-state index is 11.9. The molecule has 0 saturated heterocycles. The number of nitrogen functional groups attached to an aromatic ring is 1. The van der Waals surface area contributed by atoms with Crippen LogP contribution in [0.3, 0.4) is 0 Å². The minimum absolute atomic E-state index is 0.108. The van der Waals surface area contributed by atoms with Crippen LogP contribution in [0, 0.1) is 0 Å². The van der Waals surface area contributed by atoms with Gasteiger partial charge in [0.2, 0.25) is 0 Å². The van der Waals surface area contributed by atoms with Crippen molar-refractivity contribution in [1.29, 1.82) is 0 Å². The summed E-state index contributed by atoms with van der Waals surface area (Å²) in [5.41, 5.74) is 2.78. The van der Waals surface area contributed by atoms with Gasteiger partial charge in [-0.15, -0.1) is 0 Å². The molecule has 6 nitrogen and oxygen atoms in total. The lowest BCUT2D eigenvalue weighted by atomic mass is 10.2. The van der Waals surface area contributed by atoms with Crippen LogP contribution in [0.4, 0.5) is 5.82 Å². The molecule has 0 fully saturated rings. The maximum Gasteiger partial charge on any atom is 0.270 e. The van der Waals surface area contributed by atoms with Gasteiger partial charge in [-0.05, 0) is 46.1 Å². The first-order valence-electron chi connectivity index (χ1n) is 5.92. The number of rotatable bonds is 6. The largest absolute Gasteiger partial charge is 0.348 e. The molecular weight excluding hydrogens is 230 g/mol. The molecule has 1 atom stereocenters. The summed E-state index contributed by atoms with van der Waals surface area (Å²) in [6, 6.07) is 5.21. The fourth-order valence-electron chi connectivity index (χ4n) is 1.46. The molecule has 1 aromatic heterocycles. The van der Waals surface area contributed by atoms with Crippen LogP contribution in [0.15, 0.2) is 18.2 Å². The van der Waals surface area contributed by atoms with Crippen LogP contribution in [0.25, 0.3) is 0 Å². The van der Waals surface area contributed by atoms with Gasteiger partial charge in [-0.1, -0.05) is 6.07 Å². The molecule has 1 aromatic rings. The van der Waals surface area contributed by atoms with E-state index in [1.165, 1.54) is 0 Å². The van der Waals surface area contributed by atoms with Crippen molar-refractivity contribution in [2.45, 2.75) is 19.4 Å². The summed E-state index contributed by atoms with van der Waals surface area (Å²) in [6.07, 6.45) is 0.896. The number of nitrogens with zero attached hydrogens (tertiary/aromatic N) is 2. The molecule has 1 unspecified atom stereocenters. The Labute approximate surface area is 108 Å². The number of nitrogens with two attached hydrogens (primary N) is 1. The molecule has 4 N–H and O–H groups in total. The third-order valence-corrected chi connectivity index (χ3v) is 2.52. The van der Waals surface area contributed by atoms with Crippen molar-refractivity contribution in [3.05, 3.63) is 23.9 Å². The lowest BCUT2D eigenvalue weighted by Crippen LogP contribution is -2.35. The molecule has 0 radical (unpaired) electrons. The number of anilines is 1. The van der Waals surface area contributed by atoms with Gasteiger partial charge in [0.25, 0.3) is 5.91 Å². The summed E-state index contributed by atoms with van der Waals surface area (Å²) in [4.78, 5) is 18.1. The Hall–Kier alpha value is -1.66. The SMILES string of the molecule is CC(CCN(C)C)NC(=O)c1cccc(NN)n1. The Morgan fingerprint density at radius 3 is 2.83 bits per heavy atom. The third kappa shape index (κ3) is 4.68. The molecule has 0 aliphatic heterocycles. The van der Waals surface area contributed by atoms with Crippen molar-refractivity contribution in [2.24, 2.45) is 5.84 Å². The van der Waals surface area contributed by atoms with E-state index in [2.05, 4.69) is 20.6 Å². The molecular formula is C12H21N5O. The number of amides is 1. The maximum absolute atomic E-state index is 11.9. The van der Waals surface area contributed by atoms with E-state index in [9.17, 15) is 4.79 Å². The van der Waals surface area contributed by atoms with Gasteiger partial charge in [-0.2, -0.15) is 0 Å². The smallest absolute Gasteiger partial charge is 0.270 e. The van der Waals surface area contributed by atoms with E-state index < -0.39 is 0 Å². The van der Waals surface area contributed by atoms with E-state index in [1.807, 2.05) is 21.0 Å². The number of pyridine rings is 1. The second-order valence-corrected chi connectivity index (χ2v) is 4.52. The molecule has 1 heterocycles. The van der Waals surface area contributed by atoms with Crippen molar-refractivity contribution in [3.8, 4) is 0 Å².